The maximum absolute atomic E-state index is 12.6. The molecule has 0 aliphatic carbocycles. The van der Waals surface area contributed by atoms with Crippen LogP contribution < -0.4 is 15.0 Å². The van der Waals surface area contributed by atoms with Crippen LogP contribution in [0.2, 0.25) is 5.02 Å². The fourth-order valence-electron chi connectivity index (χ4n) is 2.81. The molecule has 0 saturated heterocycles. The van der Waals surface area contributed by atoms with Crippen molar-refractivity contribution in [3.05, 3.63) is 47.5 Å². The number of methoxy groups -OCH3 is 1. The van der Waals surface area contributed by atoms with E-state index in [1.807, 2.05) is 31.2 Å². The number of hydrogen-bond donors (Lipinski definition) is 1. The first-order valence-corrected chi connectivity index (χ1v) is 9.43. The summed E-state index contributed by atoms with van der Waals surface area (Å²) >= 11 is 7.65. The number of benzene rings is 2. The first-order valence-electron chi connectivity index (χ1n) is 8.17. The molecule has 2 amide bonds. The lowest BCUT2D eigenvalue weighted by molar-refractivity contribution is -0.121. The predicted molar refractivity (Wildman–Crippen MR) is 105 cm³/mol. The van der Waals surface area contributed by atoms with E-state index in [1.54, 1.807) is 30.0 Å². The van der Waals surface area contributed by atoms with Crippen LogP contribution in [0.5, 0.6) is 5.75 Å². The number of para-hydroxylation sites is 1. The summed E-state index contributed by atoms with van der Waals surface area (Å²) in [5, 5.41) is 3.43. The summed E-state index contributed by atoms with van der Waals surface area (Å²) in [5.74, 6) is 0.131. The Morgan fingerprint density at radius 2 is 2.12 bits per heavy atom. The van der Waals surface area contributed by atoms with Gasteiger partial charge >= 0.3 is 0 Å². The van der Waals surface area contributed by atoms with E-state index in [4.69, 9.17) is 16.3 Å². The molecular weight excluding hydrogens is 372 g/mol. The zero-order valence-corrected chi connectivity index (χ0v) is 16.1. The number of anilines is 2. The second kappa shape index (κ2) is 8.01. The van der Waals surface area contributed by atoms with Gasteiger partial charge in [-0.15, -0.1) is 11.8 Å². The largest absolute Gasteiger partial charge is 0.495 e. The molecule has 0 radical (unpaired) electrons. The Morgan fingerprint density at radius 3 is 2.88 bits per heavy atom. The molecule has 5 nitrogen and oxygen atoms in total. The summed E-state index contributed by atoms with van der Waals surface area (Å²) in [5.41, 5.74) is 1.24. The van der Waals surface area contributed by atoms with Crippen LogP contribution in [-0.4, -0.2) is 30.7 Å². The fourth-order valence-corrected chi connectivity index (χ4v) is 4.10. The smallest absolute Gasteiger partial charge is 0.244 e. The Hall–Kier alpha value is -2.18. The molecule has 136 valence electrons. The van der Waals surface area contributed by atoms with Crippen LogP contribution in [0.25, 0.3) is 0 Å². The summed E-state index contributed by atoms with van der Waals surface area (Å²) < 4.78 is 5.25. The van der Waals surface area contributed by atoms with Crippen LogP contribution in [0.1, 0.15) is 13.3 Å². The summed E-state index contributed by atoms with van der Waals surface area (Å²) in [6, 6.07) is 12.6. The molecular formula is C19H19ClN2O3S. The summed E-state index contributed by atoms with van der Waals surface area (Å²) in [7, 11) is 1.52. The number of nitrogens with one attached hydrogen (secondary N) is 1. The minimum absolute atomic E-state index is 0.0665. The Labute approximate surface area is 161 Å². The lowest BCUT2D eigenvalue weighted by atomic mass is 10.2. The number of hydrogen-bond acceptors (Lipinski definition) is 4. The number of ether oxygens (including phenoxy) is 1. The first-order chi connectivity index (χ1) is 12.5. The predicted octanol–water partition coefficient (Wildman–Crippen LogP) is 4.20. The number of amides is 2. The summed E-state index contributed by atoms with van der Waals surface area (Å²) in [6.07, 6.45) is 0.382. The third-order valence-corrected chi connectivity index (χ3v) is 5.39. The van der Waals surface area contributed by atoms with Crippen molar-refractivity contribution in [2.45, 2.75) is 23.5 Å². The van der Waals surface area contributed by atoms with Gasteiger partial charge in [0.05, 0.1) is 18.5 Å². The van der Waals surface area contributed by atoms with Gasteiger partial charge in [0.25, 0.3) is 0 Å². The summed E-state index contributed by atoms with van der Waals surface area (Å²) in [4.78, 5) is 27.8. The van der Waals surface area contributed by atoms with Gasteiger partial charge in [-0.05, 0) is 30.3 Å². The zero-order chi connectivity index (χ0) is 18.7. The molecule has 0 unspecified atom stereocenters. The normalized spacial score (nSPS) is 16.7. The fraction of sp³-hybridized carbons (Fsp3) is 0.263. The molecule has 1 aliphatic rings. The minimum Gasteiger partial charge on any atom is -0.495 e. The second-order valence-electron chi connectivity index (χ2n) is 5.97. The van der Waals surface area contributed by atoms with Crippen molar-refractivity contribution in [2.24, 2.45) is 0 Å². The van der Waals surface area contributed by atoms with Gasteiger partial charge in [0, 0.05) is 21.6 Å². The lowest BCUT2D eigenvalue weighted by Gasteiger charge is -2.22. The van der Waals surface area contributed by atoms with Crippen molar-refractivity contribution in [3.8, 4) is 5.75 Å². The highest BCUT2D eigenvalue weighted by atomic mass is 35.5. The van der Waals surface area contributed by atoms with E-state index in [-0.39, 0.29) is 23.6 Å². The lowest BCUT2D eigenvalue weighted by Crippen LogP contribution is -2.38. The van der Waals surface area contributed by atoms with E-state index in [2.05, 4.69) is 5.32 Å². The number of thioether (sulfide) groups is 1. The maximum atomic E-state index is 12.6. The van der Waals surface area contributed by atoms with Crippen molar-refractivity contribution in [1.29, 1.82) is 0 Å². The van der Waals surface area contributed by atoms with Gasteiger partial charge in [-0.25, -0.2) is 0 Å². The van der Waals surface area contributed by atoms with E-state index in [1.165, 1.54) is 12.0 Å². The first kappa shape index (κ1) is 18.6. The van der Waals surface area contributed by atoms with Gasteiger partial charge in [0.15, 0.2) is 0 Å². The van der Waals surface area contributed by atoms with E-state index in [0.717, 1.165) is 10.6 Å². The van der Waals surface area contributed by atoms with E-state index in [9.17, 15) is 9.59 Å². The van der Waals surface area contributed by atoms with Gasteiger partial charge in [0.1, 0.15) is 12.3 Å². The van der Waals surface area contributed by atoms with E-state index in [0.29, 0.717) is 22.9 Å². The molecule has 2 aromatic rings. The number of halogens is 1. The van der Waals surface area contributed by atoms with Crippen molar-refractivity contribution in [1.82, 2.24) is 0 Å². The Morgan fingerprint density at radius 1 is 1.35 bits per heavy atom. The minimum atomic E-state index is -0.312. The van der Waals surface area contributed by atoms with Crippen LogP contribution in [0.15, 0.2) is 47.4 Å². The molecule has 1 N–H and O–H groups in total. The van der Waals surface area contributed by atoms with Crippen LogP contribution in [-0.2, 0) is 9.59 Å². The molecule has 2 aromatic carbocycles. The molecule has 26 heavy (non-hydrogen) atoms. The number of carbonyl (C=O) groups is 2. The van der Waals surface area contributed by atoms with Crippen LogP contribution in [0.3, 0.4) is 0 Å². The summed E-state index contributed by atoms with van der Waals surface area (Å²) in [6.45, 7) is 1.94. The van der Waals surface area contributed by atoms with Gasteiger partial charge in [-0.2, -0.15) is 0 Å². The third-order valence-electron chi connectivity index (χ3n) is 3.98. The van der Waals surface area contributed by atoms with Gasteiger partial charge in [0.2, 0.25) is 11.8 Å². The van der Waals surface area contributed by atoms with Gasteiger partial charge in [-0.1, -0.05) is 30.7 Å². The zero-order valence-electron chi connectivity index (χ0n) is 14.5. The quantitative estimate of drug-likeness (QED) is 0.849. The molecule has 0 bridgehead atoms. The monoisotopic (exact) mass is 390 g/mol. The number of carbonyl (C=O) groups excluding carboxylic acids is 2. The Bertz CT molecular complexity index is 843. The number of rotatable bonds is 4. The van der Waals surface area contributed by atoms with Crippen molar-refractivity contribution >= 4 is 46.6 Å². The molecule has 0 aromatic heterocycles. The van der Waals surface area contributed by atoms with Crippen molar-refractivity contribution in [2.75, 3.05) is 23.9 Å². The van der Waals surface area contributed by atoms with Crippen molar-refractivity contribution in [3.63, 3.8) is 0 Å². The second-order valence-corrected chi connectivity index (χ2v) is 7.89. The highest BCUT2D eigenvalue weighted by Crippen LogP contribution is 2.37. The average molecular weight is 391 g/mol. The van der Waals surface area contributed by atoms with Crippen LogP contribution in [0, 0.1) is 0 Å². The molecule has 1 aliphatic heterocycles. The highest BCUT2D eigenvalue weighted by Gasteiger charge is 2.27. The average Bonchev–Trinajstić information content (AvgIpc) is 2.71. The number of nitrogens with zero attached hydrogens (tertiary/aromatic N) is 1. The van der Waals surface area contributed by atoms with E-state index >= 15 is 0 Å². The Kier molecular flexibility index (Phi) is 5.74. The van der Waals surface area contributed by atoms with Crippen LogP contribution >= 0.6 is 23.4 Å². The van der Waals surface area contributed by atoms with Crippen LogP contribution in [0.4, 0.5) is 11.4 Å². The van der Waals surface area contributed by atoms with E-state index < -0.39 is 0 Å². The van der Waals surface area contributed by atoms with Gasteiger partial charge < -0.3 is 15.0 Å². The van der Waals surface area contributed by atoms with Crippen molar-refractivity contribution < 1.29 is 14.3 Å². The molecule has 1 heterocycles. The highest BCUT2D eigenvalue weighted by molar-refractivity contribution is 8.00. The molecule has 7 heteroatoms. The maximum Gasteiger partial charge on any atom is 0.244 e. The van der Waals surface area contributed by atoms with Gasteiger partial charge in [-0.3, -0.25) is 9.59 Å². The topological polar surface area (TPSA) is 58.6 Å². The third kappa shape index (κ3) is 4.14. The molecule has 3 rings (SSSR count). The molecule has 1 atom stereocenters. The molecule has 0 saturated carbocycles. The number of fused-ring (bicyclic) bond motifs is 1. The Balaban J connectivity index is 1.82. The molecule has 0 fully saturated rings. The standard InChI is InChI=1S/C19H19ClN2O3S/c1-12-9-19(24)22(15-5-3-4-6-17(15)26-12)11-18(23)21-14-10-13(20)7-8-16(14)25-2/h3-8,10,12H,9,11H2,1-2H3,(H,21,23)/t12-/m1/s1. The molecule has 0 spiro atoms. The SMILES string of the molecule is COc1ccc(Cl)cc1NC(=O)CN1C(=O)C[C@@H](C)Sc2ccccc21.